The lowest BCUT2D eigenvalue weighted by atomic mass is 10.1. The second kappa shape index (κ2) is 2.44. The number of aliphatic carboxylic acids is 1. The third-order valence-electron chi connectivity index (χ3n) is 1.16. The molecule has 1 atom stereocenters. The second-order valence-electron chi connectivity index (χ2n) is 1.86. The summed E-state index contributed by atoms with van der Waals surface area (Å²) in [5, 5.41) is 8.41. The molecule has 0 aromatic heterocycles. The van der Waals surface area contributed by atoms with Crippen molar-refractivity contribution in [3.63, 3.8) is 0 Å². The van der Waals surface area contributed by atoms with Crippen molar-refractivity contribution in [2.24, 2.45) is 10.9 Å². The molecule has 0 saturated carbocycles. The number of hydrogen-bond acceptors (Lipinski definition) is 2. The number of allylic oxidation sites excluding steroid dienone is 1. The standard InChI is InChI=1S/C6H7NO2/c8-6(9)5-2-1-3-7-4-5/h1,3-5H,2H2,(H,8,9). The van der Waals surface area contributed by atoms with Crippen molar-refractivity contribution < 1.29 is 9.90 Å². The van der Waals surface area contributed by atoms with Gasteiger partial charge in [0.25, 0.3) is 0 Å². The molecular formula is C6H7NO2. The number of nitrogens with zero attached hydrogens (tertiary/aromatic N) is 1. The molecule has 3 heteroatoms. The molecule has 1 aliphatic heterocycles. The zero-order valence-electron chi connectivity index (χ0n) is 4.82. The summed E-state index contributed by atoms with van der Waals surface area (Å²) in [5.41, 5.74) is 0. The highest BCUT2D eigenvalue weighted by Crippen LogP contribution is 2.05. The fourth-order valence-corrected chi connectivity index (χ4v) is 0.647. The molecule has 3 nitrogen and oxygen atoms in total. The number of carboxylic acid groups (broad SMARTS) is 1. The minimum Gasteiger partial charge on any atom is -0.481 e. The quantitative estimate of drug-likeness (QED) is 0.560. The Bertz CT molecular complexity index is 172. The van der Waals surface area contributed by atoms with E-state index in [9.17, 15) is 4.79 Å². The number of hydrogen-bond donors (Lipinski definition) is 1. The first-order chi connectivity index (χ1) is 4.30. The Morgan fingerprint density at radius 1 is 1.78 bits per heavy atom. The van der Waals surface area contributed by atoms with Gasteiger partial charge in [0.2, 0.25) is 0 Å². The Labute approximate surface area is 52.7 Å². The summed E-state index contributed by atoms with van der Waals surface area (Å²) in [6, 6.07) is 0. The topological polar surface area (TPSA) is 49.7 Å². The summed E-state index contributed by atoms with van der Waals surface area (Å²) in [6.45, 7) is 0. The maximum Gasteiger partial charge on any atom is 0.312 e. The van der Waals surface area contributed by atoms with Crippen LogP contribution in [0.5, 0.6) is 0 Å². The molecule has 0 radical (unpaired) electrons. The van der Waals surface area contributed by atoms with Gasteiger partial charge in [0.05, 0.1) is 5.92 Å². The summed E-state index contributed by atoms with van der Waals surface area (Å²) in [6.07, 6.45) is 5.37. The van der Waals surface area contributed by atoms with Gasteiger partial charge in [0, 0.05) is 12.4 Å². The smallest absolute Gasteiger partial charge is 0.312 e. The minimum atomic E-state index is -0.803. The Balaban J connectivity index is 2.56. The molecule has 0 aromatic rings. The van der Waals surface area contributed by atoms with Gasteiger partial charge in [-0.15, -0.1) is 0 Å². The molecule has 1 unspecified atom stereocenters. The lowest BCUT2D eigenvalue weighted by Crippen LogP contribution is -2.15. The molecule has 1 heterocycles. The van der Waals surface area contributed by atoms with Crippen LogP contribution in [0.3, 0.4) is 0 Å². The van der Waals surface area contributed by atoms with Gasteiger partial charge < -0.3 is 5.11 Å². The van der Waals surface area contributed by atoms with E-state index in [0.717, 1.165) is 0 Å². The van der Waals surface area contributed by atoms with Crippen LogP contribution >= 0.6 is 0 Å². The molecule has 0 spiro atoms. The molecule has 0 aromatic carbocycles. The molecule has 0 bridgehead atoms. The third kappa shape index (κ3) is 1.38. The van der Waals surface area contributed by atoms with Gasteiger partial charge in [-0.2, -0.15) is 0 Å². The van der Waals surface area contributed by atoms with Gasteiger partial charge in [0.15, 0.2) is 0 Å². The van der Waals surface area contributed by atoms with Crippen molar-refractivity contribution in [3.8, 4) is 0 Å². The molecular weight excluding hydrogens is 118 g/mol. The van der Waals surface area contributed by atoms with E-state index < -0.39 is 11.9 Å². The van der Waals surface area contributed by atoms with E-state index in [-0.39, 0.29) is 0 Å². The molecule has 0 saturated heterocycles. The normalized spacial score (nSPS) is 24.2. The molecule has 0 amide bonds. The zero-order valence-corrected chi connectivity index (χ0v) is 4.82. The van der Waals surface area contributed by atoms with Crippen LogP contribution < -0.4 is 0 Å². The van der Waals surface area contributed by atoms with Crippen LogP contribution in [0.1, 0.15) is 6.42 Å². The van der Waals surface area contributed by atoms with Crippen molar-refractivity contribution in [2.45, 2.75) is 6.42 Å². The Kier molecular flexibility index (Phi) is 1.63. The minimum absolute atomic E-state index is 0.407. The lowest BCUT2D eigenvalue weighted by Gasteiger charge is -2.03. The van der Waals surface area contributed by atoms with E-state index in [2.05, 4.69) is 4.99 Å². The number of carbonyl (C=O) groups is 1. The zero-order chi connectivity index (χ0) is 6.69. The number of rotatable bonds is 1. The average Bonchev–Trinajstić information content (AvgIpc) is 1.90. The fraction of sp³-hybridized carbons (Fsp3) is 0.333. The lowest BCUT2D eigenvalue weighted by molar-refractivity contribution is -0.139. The van der Waals surface area contributed by atoms with Crippen LogP contribution in [0.25, 0.3) is 0 Å². The highest BCUT2D eigenvalue weighted by Gasteiger charge is 2.13. The van der Waals surface area contributed by atoms with Crippen LogP contribution in [0.15, 0.2) is 17.3 Å². The van der Waals surface area contributed by atoms with Crippen LogP contribution in [0, 0.1) is 5.92 Å². The maximum atomic E-state index is 10.2. The van der Waals surface area contributed by atoms with E-state index in [1.54, 1.807) is 12.3 Å². The molecule has 9 heavy (non-hydrogen) atoms. The molecule has 1 aliphatic rings. The monoisotopic (exact) mass is 125 g/mol. The number of carboxylic acids is 1. The Morgan fingerprint density at radius 3 is 2.89 bits per heavy atom. The van der Waals surface area contributed by atoms with Crippen molar-refractivity contribution in [1.82, 2.24) is 0 Å². The van der Waals surface area contributed by atoms with Gasteiger partial charge in [0.1, 0.15) is 0 Å². The van der Waals surface area contributed by atoms with Crippen LogP contribution in [-0.4, -0.2) is 17.3 Å². The van der Waals surface area contributed by atoms with Crippen molar-refractivity contribution in [3.05, 3.63) is 12.3 Å². The summed E-state index contributed by atoms with van der Waals surface area (Å²) in [5.74, 6) is -1.21. The second-order valence-corrected chi connectivity index (χ2v) is 1.86. The van der Waals surface area contributed by atoms with Crippen molar-refractivity contribution >= 4 is 12.2 Å². The first-order valence-electron chi connectivity index (χ1n) is 2.72. The highest BCUT2D eigenvalue weighted by atomic mass is 16.4. The largest absolute Gasteiger partial charge is 0.481 e. The van der Waals surface area contributed by atoms with Gasteiger partial charge in [-0.25, -0.2) is 0 Å². The summed E-state index contributed by atoms with van der Waals surface area (Å²) >= 11 is 0. The van der Waals surface area contributed by atoms with Gasteiger partial charge in [-0.3, -0.25) is 9.79 Å². The van der Waals surface area contributed by atoms with Crippen molar-refractivity contribution in [2.75, 3.05) is 0 Å². The van der Waals surface area contributed by atoms with Crippen LogP contribution in [0.4, 0.5) is 0 Å². The predicted molar refractivity (Wildman–Crippen MR) is 33.4 cm³/mol. The van der Waals surface area contributed by atoms with Gasteiger partial charge in [-0.05, 0) is 6.42 Å². The maximum absolute atomic E-state index is 10.2. The Morgan fingerprint density at radius 2 is 2.56 bits per heavy atom. The number of aliphatic imine (C=N–C) groups is 1. The van der Waals surface area contributed by atoms with Crippen molar-refractivity contribution in [1.29, 1.82) is 0 Å². The Hall–Kier alpha value is -1.12. The van der Waals surface area contributed by atoms with E-state index in [0.29, 0.717) is 6.42 Å². The van der Waals surface area contributed by atoms with Gasteiger partial charge >= 0.3 is 5.97 Å². The third-order valence-corrected chi connectivity index (χ3v) is 1.16. The highest BCUT2D eigenvalue weighted by molar-refractivity contribution is 5.89. The molecule has 0 aliphatic carbocycles. The fourth-order valence-electron chi connectivity index (χ4n) is 0.647. The predicted octanol–water partition coefficient (Wildman–Crippen LogP) is 0.675. The SMILES string of the molecule is O=C(O)C1C=NC=CC1. The molecule has 48 valence electrons. The van der Waals surface area contributed by atoms with Crippen LogP contribution in [0.2, 0.25) is 0 Å². The van der Waals surface area contributed by atoms with Crippen LogP contribution in [-0.2, 0) is 4.79 Å². The summed E-state index contributed by atoms with van der Waals surface area (Å²) in [7, 11) is 0. The summed E-state index contributed by atoms with van der Waals surface area (Å²) in [4.78, 5) is 13.9. The molecule has 1 rings (SSSR count). The molecule has 0 fully saturated rings. The van der Waals surface area contributed by atoms with Gasteiger partial charge in [-0.1, -0.05) is 6.08 Å². The van der Waals surface area contributed by atoms with E-state index in [1.165, 1.54) is 6.21 Å². The first kappa shape index (κ1) is 6.01. The van der Waals surface area contributed by atoms with E-state index in [1.807, 2.05) is 0 Å². The average molecular weight is 125 g/mol. The summed E-state index contributed by atoms with van der Waals surface area (Å²) < 4.78 is 0. The van der Waals surface area contributed by atoms with E-state index >= 15 is 0 Å². The molecule has 1 N–H and O–H groups in total. The first-order valence-corrected chi connectivity index (χ1v) is 2.72. The van der Waals surface area contributed by atoms with E-state index in [4.69, 9.17) is 5.11 Å².